The minimum atomic E-state index is -0.713. The van der Waals surface area contributed by atoms with E-state index in [9.17, 15) is 28.0 Å². The highest BCUT2D eigenvalue weighted by atomic mass is 19.1. The number of hydrogen-bond donors (Lipinski definition) is 2. The van der Waals surface area contributed by atoms with Crippen LogP contribution in [0.5, 0.6) is 0 Å². The van der Waals surface area contributed by atoms with Crippen LogP contribution < -0.4 is 15.5 Å². The number of hydrogen-bond acceptors (Lipinski definition) is 8. The fourth-order valence-electron chi connectivity index (χ4n) is 5.86. The SMILES string of the molecule is O=COCC(=O)N1CCC(N2CC3(CN(c4c(F)cc(NC5CCC(=O)NC5=O)cc4F)C3)C2)CC1. The number of rotatable bonds is 7. The third kappa shape index (κ3) is 4.73. The molecule has 36 heavy (non-hydrogen) atoms. The molecule has 0 aromatic heterocycles. The van der Waals surface area contributed by atoms with Crippen LogP contribution in [0, 0.1) is 17.0 Å². The standard InChI is InChI=1S/C24H29F2N5O5/c25-17-7-15(27-19-1-2-20(33)28-23(19)35)8-18(26)22(17)31-12-24(13-31)10-30(11-24)16-3-5-29(6-4-16)21(34)9-36-14-32/h7-8,14,16,19,27H,1-6,9-13H2,(H,28,33,35). The highest BCUT2D eigenvalue weighted by molar-refractivity contribution is 6.01. The number of anilines is 2. The maximum atomic E-state index is 14.9. The number of piperidine rings is 2. The zero-order valence-corrected chi connectivity index (χ0v) is 19.8. The number of imide groups is 1. The molecule has 1 aromatic rings. The lowest BCUT2D eigenvalue weighted by Gasteiger charge is -2.63. The maximum absolute atomic E-state index is 14.9. The van der Waals surface area contributed by atoms with Gasteiger partial charge in [-0.25, -0.2) is 8.78 Å². The summed E-state index contributed by atoms with van der Waals surface area (Å²) in [7, 11) is 0. The molecule has 12 heteroatoms. The van der Waals surface area contributed by atoms with Gasteiger partial charge >= 0.3 is 0 Å². The molecule has 4 saturated heterocycles. The van der Waals surface area contributed by atoms with E-state index < -0.39 is 23.6 Å². The minimum absolute atomic E-state index is 0.0211. The van der Waals surface area contributed by atoms with Gasteiger partial charge < -0.3 is 19.9 Å². The van der Waals surface area contributed by atoms with Gasteiger partial charge in [-0.3, -0.25) is 29.4 Å². The first-order valence-electron chi connectivity index (χ1n) is 12.2. The highest BCUT2D eigenvalue weighted by Crippen LogP contribution is 2.45. The number of nitrogens with one attached hydrogen (secondary N) is 2. The van der Waals surface area contributed by atoms with Crippen LogP contribution >= 0.6 is 0 Å². The summed E-state index contributed by atoms with van der Waals surface area (Å²) in [6.45, 7) is 4.14. The summed E-state index contributed by atoms with van der Waals surface area (Å²) in [5.74, 6) is -2.41. The smallest absolute Gasteiger partial charge is 0.293 e. The second-order valence-electron chi connectivity index (χ2n) is 10.2. The predicted octanol–water partition coefficient (Wildman–Crippen LogP) is 0.468. The van der Waals surface area contributed by atoms with Crippen LogP contribution in [0.4, 0.5) is 20.2 Å². The van der Waals surface area contributed by atoms with Gasteiger partial charge in [0, 0.05) is 62.8 Å². The lowest BCUT2D eigenvalue weighted by Crippen LogP contribution is -2.74. The van der Waals surface area contributed by atoms with Crippen LogP contribution in [0.25, 0.3) is 0 Å². The van der Waals surface area contributed by atoms with E-state index in [0.29, 0.717) is 32.2 Å². The summed E-state index contributed by atoms with van der Waals surface area (Å²) in [4.78, 5) is 51.2. The number of likely N-dealkylation sites (tertiary alicyclic amines) is 2. The van der Waals surface area contributed by atoms with Gasteiger partial charge in [0.2, 0.25) is 11.8 Å². The fourth-order valence-corrected chi connectivity index (χ4v) is 5.86. The van der Waals surface area contributed by atoms with Crippen LogP contribution in [0.15, 0.2) is 12.1 Å². The van der Waals surface area contributed by atoms with Gasteiger partial charge in [-0.05, 0) is 31.4 Å². The molecule has 1 atom stereocenters. The Bertz CT molecular complexity index is 1040. The first kappa shape index (κ1) is 24.4. The Labute approximate surface area is 206 Å². The summed E-state index contributed by atoms with van der Waals surface area (Å²) in [6.07, 6.45) is 2.13. The van der Waals surface area contributed by atoms with E-state index in [1.165, 1.54) is 12.1 Å². The van der Waals surface area contributed by atoms with Crippen molar-refractivity contribution in [2.24, 2.45) is 5.41 Å². The van der Waals surface area contributed by atoms with Gasteiger partial charge in [0.1, 0.15) is 11.7 Å². The van der Waals surface area contributed by atoms with E-state index in [4.69, 9.17) is 0 Å². The average molecular weight is 506 g/mol. The molecule has 5 rings (SSSR count). The molecule has 4 aliphatic rings. The van der Waals surface area contributed by atoms with Crippen molar-refractivity contribution < 1.29 is 32.7 Å². The van der Waals surface area contributed by atoms with Crippen LogP contribution in [-0.2, 0) is 23.9 Å². The quantitative estimate of drug-likeness (QED) is 0.407. The molecule has 4 aliphatic heterocycles. The zero-order chi connectivity index (χ0) is 25.4. The monoisotopic (exact) mass is 505 g/mol. The van der Waals surface area contributed by atoms with Crippen molar-refractivity contribution in [3.05, 3.63) is 23.8 Å². The third-order valence-corrected chi connectivity index (χ3v) is 7.65. The topological polar surface area (TPSA) is 111 Å². The summed E-state index contributed by atoms with van der Waals surface area (Å²) in [5, 5.41) is 5.04. The molecule has 1 aromatic carbocycles. The molecule has 2 N–H and O–H groups in total. The van der Waals surface area contributed by atoms with Crippen LogP contribution in [-0.4, -0.2) is 92.0 Å². The Morgan fingerprint density at radius 2 is 1.78 bits per heavy atom. The largest absolute Gasteiger partial charge is 0.458 e. The summed E-state index contributed by atoms with van der Waals surface area (Å²) >= 11 is 0. The van der Waals surface area contributed by atoms with E-state index in [-0.39, 0.29) is 54.5 Å². The number of ether oxygens (including phenoxy) is 1. The van der Waals surface area contributed by atoms with Gasteiger partial charge in [-0.1, -0.05) is 0 Å². The van der Waals surface area contributed by atoms with E-state index >= 15 is 0 Å². The number of benzene rings is 1. The first-order chi connectivity index (χ1) is 17.3. The third-order valence-electron chi connectivity index (χ3n) is 7.65. The molecular formula is C24H29F2N5O5. The van der Waals surface area contributed by atoms with Crippen molar-refractivity contribution in [1.29, 1.82) is 0 Å². The minimum Gasteiger partial charge on any atom is -0.458 e. The second-order valence-corrected chi connectivity index (χ2v) is 10.2. The van der Waals surface area contributed by atoms with Gasteiger partial charge in [-0.15, -0.1) is 0 Å². The molecule has 0 aliphatic carbocycles. The number of nitrogens with zero attached hydrogens (tertiary/aromatic N) is 3. The maximum Gasteiger partial charge on any atom is 0.293 e. The average Bonchev–Trinajstić information content (AvgIpc) is 2.79. The van der Waals surface area contributed by atoms with Gasteiger partial charge in [0.15, 0.2) is 18.2 Å². The van der Waals surface area contributed by atoms with Crippen molar-refractivity contribution in [2.75, 3.05) is 56.1 Å². The van der Waals surface area contributed by atoms with E-state index in [0.717, 1.165) is 25.9 Å². The Hall–Kier alpha value is -3.28. The lowest BCUT2D eigenvalue weighted by molar-refractivity contribution is -0.145. The van der Waals surface area contributed by atoms with E-state index in [1.807, 2.05) is 0 Å². The first-order valence-corrected chi connectivity index (χ1v) is 12.2. The zero-order valence-electron chi connectivity index (χ0n) is 19.8. The molecule has 10 nitrogen and oxygen atoms in total. The van der Waals surface area contributed by atoms with Gasteiger partial charge in [0.25, 0.3) is 12.4 Å². The number of halogens is 2. The van der Waals surface area contributed by atoms with Crippen molar-refractivity contribution in [1.82, 2.24) is 15.1 Å². The van der Waals surface area contributed by atoms with Crippen LogP contribution in [0.3, 0.4) is 0 Å². The van der Waals surface area contributed by atoms with Gasteiger partial charge in [0.05, 0.1) is 0 Å². The van der Waals surface area contributed by atoms with E-state index in [1.54, 1.807) is 9.80 Å². The summed E-state index contributed by atoms with van der Waals surface area (Å²) < 4.78 is 34.3. The van der Waals surface area contributed by atoms with Crippen LogP contribution in [0.2, 0.25) is 0 Å². The molecule has 4 heterocycles. The number of amides is 3. The predicted molar refractivity (Wildman–Crippen MR) is 124 cm³/mol. The number of carbonyl (C=O) groups excluding carboxylic acids is 4. The Morgan fingerprint density at radius 3 is 2.39 bits per heavy atom. The van der Waals surface area contributed by atoms with Crippen molar-refractivity contribution in [3.63, 3.8) is 0 Å². The van der Waals surface area contributed by atoms with Gasteiger partial charge in [-0.2, -0.15) is 0 Å². The van der Waals surface area contributed by atoms with Crippen molar-refractivity contribution in [2.45, 2.75) is 37.8 Å². The highest BCUT2D eigenvalue weighted by Gasteiger charge is 2.54. The van der Waals surface area contributed by atoms with Crippen molar-refractivity contribution in [3.8, 4) is 0 Å². The molecule has 194 valence electrons. The number of carbonyl (C=O) groups is 4. The molecular weight excluding hydrogens is 476 g/mol. The molecule has 0 bridgehead atoms. The molecule has 1 spiro atoms. The summed E-state index contributed by atoms with van der Waals surface area (Å²) in [5.41, 5.74) is 0.126. The lowest BCUT2D eigenvalue weighted by atomic mass is 9.71. The second kappa shape index (κ2) is 9.64. The van der Waals surface area contributed by atoms with E-state index in [2.05, 4.69) is 20.3 Å². The molecule has 0 radical (unpaired) electrons. The normalized spacial score (nSPS) is 24.1. The molecule has 4 fully saturated rings. The Morgan fingerprint density at radius 1 is 1.11 bits per heavy atom. The molecule has 1 unspecified atom stereocenters. The molecule has 3 amide bonds. The summed E-state index contributed by atoms with van der Waals surface area (Å²) in [6, 6.07) is 2.03. The van der Waals surface area contributed by atoms with Crippen LogP contribution in [0.1, 0.15) is 25.7 Å². The Balaban J connectivity index is 1.10. The van der Waals surface area contributed by atoms with Crippen molar-refractivity contribution >= 4 is 35.6 Å². The Kier molecular flexibility index (Phi) is 6.54. The fraction of sp³-hybridized carbons (Fsp3) is 0.583. The molecule has 0 saturated carbocycles.